The van der Waals surface area contributed by atoms with E-state index >= 15 is 0 Å². The lowest BCUT2D eigenvalue weighted by atomic mass is 10.0. The maximum absolute atomic E-state index is 5.91. The first-order valence-electron chi connectivity index (χ1n) is 11.0. The van der Waals surface area contributed by atoms with Gasteiger partial charge in [0.2, 0.25) is 0 Å². The van der Waals surface area contributed by atoms with Crippen LogP contribution in [0.5, 0.6) is 5.75 Å². The van der Waals surface area contributed by atoms with Crippen LogP contribution in [-0.2, 0) is 20.0 Å². The summed E-state index contributed by atoms with van der Waals surface area (Å²) in [6.07, 6.45) is 3.98. The summed E-state index contributed by atoms with van der Waals surface area (Å²) in [5.41, 5.74) is 6.23. The molecule has 1 aliphatic heterocycles. The Morgan fingerprint density at radius 3 is 2.73 bits per heavy atom. The van der Waals surface area contributed by atoms with Crippen LogP contribution in [-0.4, -0.2) is 44.6 Å². The van der Waals surface area contributed by atoms with Crippen molar-refractivity contribution in [3.8, 4) is 5.75 Å². The summed E-state index contributed by atoms with van der Waals surface area (Å²) in [7, 11) is 2.00. The molecule has 0 spiro atoms. The predicted molar refractivity (Wildman–Crippen MR) is 119 cm³/mol. The lowest BCUT2D eigenvalue weighted by molar-refractivity contribution is 0.320. The molecule has 4 rings (SSSR count). The molecule has 1 aromatic carbocycles. The fourth-order valence-electron chi connectivity index (χ4n) is 4.10. The summed E-state index contributed by atoms with van der Waals surface area (Å²) in [6, 6.07) is 10.6. The smallest absolute Gasteiger partial charge is 0.119 e. The third-order valence-electron chi connectivity index (χ3n) is 6.26. The Kier molecular flexibility index (Phi) is 6.23. The molecule has 1 N–H and O–H groups in total. The van der Waals surface area contributed by atoms with E-state index in [-0.39, 0.29) is 0 Å². The van der Waals surface area contributed by atoms with Gasteiger partial charge in [-0.1, -0.05) is 26.0 Å². The first kappa shape index (κ1) is 20.7. The lowest BCUT2D eigenvalue weighted by Gasteiger charge is -2.15. The van der Waals surface area contributed by atoms with Gasteiger partial charge in [-0.2, -0.15) is 10.2 Å². The molecule has 30 heavy (non-hydrogen) atoms. The average Bonchev–Trinajstić information content (AvgIpc) is 3.46. The normalized spacial score (nSPS) is 17.2. The Balaban J connectivity index is 1.25. The molecule has 0 amide bonds. The van der Waals surface area contributed by atoms with E-state index in [9.17, 15) is 0 Å². The Hall–Kier alpha value is -2.60. The third-order valence-corrected chi connectivity index (χ3v) is 6.26. The van der Waals surface area contributed by atoms with Crippen molar-refractivity contribution in [3.63, 3.8) is 0 Å². The Bertz CT molecular complexity index is 956. The van der Waals surface area contributed by atoms with Crippen molar-refractivity contribution < 1.29 is 4.74 Å². The Labute approximate surface area is 179 Å². The van der Waals surface area contributed by atoms with Gasteiger partial charge in [0, 0.05) is 49.4 Å². The van der Waals surface area contributed by atoms with Crippen LogP contribution in [0.15, 0.2) is 36.5 Å². The van der Waals surface area contributed by atoms with Crippen LogP contribution in [0.2, 0.25) is 0 Å². The number of benzene rings is 1. The highest BCUT2D eigenvalue weighted by molar-refractivity contribution is 5.29. The van der Waals surface area contributed by atoms with Crippen molar-refractivity contribution >= 4 is 0 Å². The maximum Gasteiger partial charge on any atom is 0.119 e. The number of ether oxygens (including phenoxy) is 1. The van der Waals surface area contributed by atoms with E-state index in [4.69, 9.17) is 4.74 Å². The summed E-state index contributed by atoms with van der Waals surface area (Å²) in [5.74, 6) is 1.97. The summed E-state index contributed by atoms with van der Waals surface area (Å²) in [5, 5.41) is 12.2. The molecule has 0 unspecified atom stereocenters. The summed E-state index contributed by atoms with van der Waals surface area (Å²) >= 11 is 0. The van der Waals surface area contributed by atoms with Gasteiger partial charge < -0.3 is 4.74 Å². The molecule has 1 fully saturated rings. The largest absolute Gasteiger partial charge is 0.493 e. The minimum atomic E-state index is 0.497. The van der Waals surface area contributed by atoms with Gasteiger partial charge >= 0.3 is 0 Å². The zero-order valence-electron chi connectivity index (χ0n) is 18.6. The number of hydrogen-bond acceptors (Lipinski definition) is 4. The first-order chi connectivity index (χ1) is 14.5. The van der Waals surface area contributed by atoms with E-state index in [2.05, 4.69) is 71.3 Å². The van der Waals surface area contributed by atoms with E-state index in [1.54, 1.807) is 0 Å². The van der Waals surface area contributed by atoms with Gasteiger partial charge in [-0.3, -0.25) is 14.7 Å². The molecule has 6 nitrogen and oxygen atoms in total. The fourth-order valence-corrected chi connectivity index (χ4v) is 4.10. The van der Waals surface area contributed by atoms with Gasteiger partial charge in [0.05, 0.1) is 18.5 Å². The summed E-state index contributed by atoms with van der Waals surface area (Å²) in [4.78, 5) is 2.51. The van der Waals surface area contributed by atoms with Crippen molar-refractivity contribution in [1.82, 2.24) is 24.9 Å². The zero-order valence-corrected chi connectivity index (χ0v) is 18.6. The topological polar surface area (TPSA) is 59.0 Å². The highest BCUT2D eigenvalue weighted by Crippen LogP contribution is 2.28. The van der Waals surface area contributed by atoms with Crippen LogP contribution >= 0.6 is 0 Å². The van der Waals surface area contributed by atoms with Crippen LogP contribution in [0.3, 0.4) is 0 Å². The molecule has 1 atom stereocenters. The van der Waals surface area contributed by atoms with Crippen LogP contribution in [0, 0.1) is 6.92 Å². The number of hydrogen-bond donors (Lipinski definition) is 1. The number of aryl methyl sites for hydroxylation is 1. The van der Waals surface area contributed by atoms with Gasteiger partial charge in [-0.15, -0.1) is 0 Å². The minimum absolute atomic E-state index is 0.497. The molecule has 3 aromatic rings. The van der Waals surface area contributed by atoms with E-state index in [0.717, 1.165) is 43.9 Å². The van der Waals surface area contributed by atoms with E-state index in [0.29, 0.717) is 18.4 Å². The molecular formula is C24H33N5O. The van der Waals surface area contributed by atoms with Gasteiger partial charge in [0.25, 0.3) is 0 Å². The second kappa shape index (κ2) is 9.04. The van der Waals surface area contributed by atoms with Crippen LogP contribution in [0.25, 0.3) is 0 Å². The Morgan fingerprint density at radius 1 is 1.23 bits per heavy atom. The van der Waals surface area contributed by atoms with Crippen LogP contribution < -0.4 is 4.74 Å². The van der Waals surface area contributed by atoms with Crippen molar-refractivity contribution in [2.45, 2.75) is 52.0 Å². The minimum Gasteiger partial charge on any atom is -0.493 e. The molecule has 0 aliphatic carbocycles. The SMILES string of the molecule is Cc1c(CN2CC[C@H](c3cc(CCOc4ccc(C(C)C)cc4)[nH]n3)C2)cnn1C. The number of nitrogens with one attached hydrogen (secondary N) is 1. The highest BCUT2D eigenvalue weighted by atomic mass is 16.5. The summed E-state index contributed by atoms with van der Waals surface area (Å²) < 4.78 is 7.86. The number of nitrogens with zero attached hydrogens (tertiary/aromatic N) is 4. The third kappa shape index (κ3) is 4.75. The van der Waals surface area contributed by atoms with Crippen molar-refractivity contribution in [3.05, 3.63) is 64.7 Å². The average molecular weight is 408 g/mol. The number of likely N-dealkylation sites (tertiary alicyclic amines) is 1. The molecule has 6 heteroatoms. The molecule has 0 radical (unpaired) electrons. The lowest BCUT2D eigenvalue weighted by Crippen LogP contribution is -2.20. The molecule has 0 saturated carbocycles. The molecule has 2 aromatic heterocycles. The number of aromatic nitrogens is 4. The van der Waals surface area contributed by atoms with E-state index in [1.165, 1.54) is 22.5 Å². The monoisotopic (exact) mass is 407 g/mol. The molecule has 1 aliphatic rings. The van der Waals surface area contributed by atoms with Gasteiger partial charge in [0.1, 0.15) is 5.75 Å². The maximum atomic E-state index is 5.91. The van der Waals surface area contributed by atoms with Crippen LogP contribution in [0.1, 0.15) is 60.3 Å². The van der Waals surface area contributed by atoms with Gasteiger partial charge in [0.15, 0.2) is 0 Å². The molecule has 1 saturated heterocycles. The molecule has 0 bridgehead atoms. The number of rotatable bonds is 8. The predicted octanol–water partition coefficient (Wildman–Crippen LogP) is 4.19. The van der Waals surface area contributed by atoms with Crippen molar-refractivity contribution in [2.24, 2.45) is 7.05 Å². The first-order valence-corrected chi connectivity index (χ1v) is 11.0. The highest BCUT2D eigenvalue weighted by Gasteiger charge is 2.26. The van der Waals surface area contributed by atoms with Crippen LogP contribution in [0.4, 0.5) is 0 Å². The second-order valence-corrected chi connectivity index (χ2v) is 8.74. The molecular weight excluding hydrogens is 374 g/mol. The van der Waals surface area contributed by atoms with Gasteiger partial charge in [-0.05, 0) is 49.6 Å². The van der Waals surface area contributed by atoms with Crippen molar-refractivity contribution in [1.29, 1.82) is 0 Å². The number of aromatic amines is 1. The van der Waals surface area contributed by atoms with E-state index < -0.39 is 0 Å². The van der Waals surface area contributed by atoms with Gasteiger partial charge in [-0.25, -0.2) is 0 Å². The number of H-pyrrole nitrogens is 1. The van der Waals surface area contributed by atoms with Crippen molar-refractivity contribution in [2.75, 3.05) is 19.7 Å². The summed E-state index contributed by atoms with van der Waals surface area (Å²) in [6.45, 7) is 10.3. The Morgan fingerprint density at radius 2 is 2.03 bits per heavy atom. The fraction of sp³-hybridized carbons (Fsp3) is 0.500. The van der Waals surface area contributed by atoms with E-state index in [1.807, 2.05) is 17.9 Å². The zero-order chi connectivity index (χ0) is 21.1. The second-order valence-electron chi connectivity index (χ2n) is 8.74. The molecule has 160 valence electrons. The molecule has 3 heterocycles. The quantitative estimate of drug-likeness (QED) is 0.608. The standard InChI is InChI=1S/C24H33N5O/c1-17(2)19-5-7-23(8-6-19)30-12-10-22-13-24(27-26-22)20-9-11-29(15-20)16-21-14-25-28(4)18(21)3/h5-8,13-14,17,20H,9-12,15-16H2,1-4H3,(H,26,27)/t20-/m0/s1.